The monoisotopic (exact) mass is 456 g/mol. The SMILES string of the molecule is Cc1cc(C)c2[nH]c(=O)c(CN(Cc3ccco3)S(=O)(=O)c3ccc(Cl)cc3)cc2c1. The molecule has 0 saturated heterocycles. The predicted octanol–water partition coefficient (Wildman–Crippen LogP) is 4.78. The lowest BCUT2D eigenvalue weighted by molar-refractivity contribution is 0.357. The van der Waals surface area contributed by atoms with Gasteiger partial charge >= 0.3 is 0 Å². The van der Waals surface area contributed by atoms with Gasteiger partial charge < -0.3 is 9.40 Å². The van der Waals surface area contributed by atoms with Crippen LogP contribution in [0.2, 0.25) is 5.02 Å². The van der Waals surface area contributed by atoms with Gasteiger partial charge in [0.15, 0.2) is 0 Å². The normalized spacial score (nSPS) is 12.0. The number of aromatic amines is 1. The summed E-state index contributed by atoms with van der Waals surface area (Å²) in [5.74, 6) is 0.474. The van der Waals surface area contributed by atoms with Gasteiger partial charge in [0, 0.05) is 17.1 Å². The van der Waals surface area contributed by atoms with Crippen molar-refractivity contribution >= 4 is 32.5 Å². The van der Waals surface area contributed by atoms with Crippen LogP contribution in [0.5, 0.6) is 0 Å². The average molecular weight is 457 g/mol. The van der Waals surface area contributed by atoms with Gasteiger partial charge in [-0.3, -0.25) is 4.79 Å². The molecule has 0 fully saturated rings. The lowest BCUT2D eigenvalue weighted by Gasteiger charge is -2.21. The van der Waals surface area contributed by atoms with E-state index in [2.05, 4.69) is 4.98 Å². The summed E-state index contributed by atoms with van der Waals surface area (Å²) >= 11 is 5.92. The Morgan fingerprint density at radius 3 is 2.45 bits per heavy atom. The number of fused-ring (bicyclic) bond motifs is 1. The Labute approximate surface area is 185 Å². The summed E-state index contributed by atoms with van der Waals surface area (Å²) in [7, 11) is -3.92. The second kappa shape index (κ2) is 8.34. The second-order valence-corrected chi connectivity index (χ2v) is 9.85. The summed E-state index contributed by atoms with van der Waals surface area (Å²) in [5, 5.41) is 1.29. The number of pyridine rings is 1. The Bertz CT molecular complexity index is 1390. The topological polar surface area (TPSA) is 83.4 Å². The van der Waals surface area contributed by atoms with Gasteiger partial charge in [-0.05, 0) is 73.3 Å². The smallest absolute Gasteiger partial charge is 0.252 e. The molecule has 0 radical (unpaired) electrons. The van der Waals surface area contributed by atoms with Gasteiger partial charge in [0.05, 0.1) is 23.2 Å². The molecule has 0 aliphatic rings. The van der Waals surface area contributed by atoms with Crippen molar-refractivity contribution in [3.63, 3.8) is 0 Å². The van der Waals surface area contributed by atoms with Crippen molar-refractivity contribution in [3.05, 3.63) is 98.7 Å². The van der Waals surface area contributed by atoms with Crippen LogP contribution in [-0.4, -0.2) is 17.7 Å². The molecule has 1 N–H and O–H groups in total. The van der Waals surface area contributed by atoms with Crippen LogP contribution in [0.25, 0.3) is 10.9 Å². The molecular weight excluding hydrogens is 436 g/mol. The highest BCUT2D eigenvalue weighted by atomic mass is 35.5. The fourth-order valence-electron chi connectivity index (χ4n) is 3.60. The lowest BCUT2D eigenvalue weighted by atomic mass is 10.1. The number of halogens is 1. The number of furan rings is 1. The molecule has 4 aromatic rings. The summed E-state index contributed by atoms with van der Waals surface area (Å²) in [5.41, 5.74) is 2.79. The van der Waals surface area contributed by atoms with Crippen LogP contribution in [0.3, 0.4) is 0 Å². The highest BCUT2D eigenvalue weighted by Crippen LogP contribution is 2.24. The maximum atomic E-state index is 13.4. The number of hydrogen-bond donors (Lipinski definition) is 1. The summed E-state index contributed by atoms with van der Waals surface area (Å²) in [6.07, 6.45) is 1.48. The minimum absolute atomic E-state index is 0.0116. The van der Waals surface area contributed by atoms with Crippen molar-refractivity contribution in [3.8, 4) is 0 Å². The maximum Gasteiger partial charge on any atom is 0.252 e. The summed E-state index contributed by atoms with van der Waals surface area (Å²) in [6, 6.07) is 15.0. The summed E-state index contributed by atoms with van der Waals surface area (Å²) < 4.78 is 33.4. The van der Waals surface area contributed by atoms with E-state index in [9.17, 15) is 13.2 Å². The minimum Gasteiger partial charge on any atom is -0.468 e. The van der Waals surface area contributed by atoms with E-state index in [0.717, 1.165) is 22.0 Å². The molecule has 0 amide bonds. The van der Waals surface area contributed by atoms with E-state index in [1.54, 1.807) is 18.2 Å². The maximum absolute atomic E-state index is 13.4. The number of nitrogens with one attached hydrogen (secondary N) is 1. The fourth-order valence-corrected chi connectivity index (χ4v) is 5.11. The molecule has 0 saturated carbocycles. The number of benzene rings is 2. The quantitative estimate of drug-likeness (QED) is 0.452. The molecule has 31 heavy (non-hydrogen) atoms. The Kier molecular flexibility index (Phi) is 5.75. The van der Waals surface area contributed by atoms with Crippen LogP contribution in [-0.2, 0) is 23.1 Å². The number of hydrogen-bond acceptors (Lipinski definition) is 4. The molecule has 8 heteroatoms. The first-order valence-corrected chi connectivity index (χ1v) is 11.5. The first kappa shape index (κ1) is 21.4. The van der Waals surface area contributed by atoms with Gasteiger partial charge in [0.25, 0.3) is 5.56 Å². The largest absolute Gasteiger partial charge is 0.468 e. The Morgan fingerprint density at radius 1 is 1.03 bits per heavy atom. The van der Waals surface area contributed by atoms with Crippen LogP contribution in [0.15, 0.2) is 75.0 Å². The van der Waals surface area contributed by atoms with Gasteiger partial charge in [-0.1, -0.05) is 23.2 Å². The zero-order chi connectivity index (χ0) is 22.2. The third kappa shape index (κ3) is 4.44. The molecule has 0 aliphatic carbocycles. The van der Waals surface area contributed by atoms with Crippen molar-refractivity contribution < 1.29 is 12.8 Å². The van der Waals surface area contributed by atoms with Crippen molar-refractivity contribution in [2.24, 2.45) is 0 Å². The van der Waals surface area contributed by atoms with Crippen molar-refractivity contribution in [1.82, 2.24) is 9.29 Å². The van der Waals surface area contributed by atoms with Gasteiger partial charge in [-0.25, -0.2) is 8.42 Å². The van der Waals surface area contributed by atoms with Gasteiger partial charge in [-0.15, -0.1) is 0 Å². The van der Waals surface area contributed by atoms with Crippen molar-refractivity contribution in [1.29, 1.82) is 0 Å². The summed E-state index contributed by atoms with van der Waals surface area (Å²) in [4.78, 5) is 15.8. The highest BCUT2D eigenvalue weighted by Gasteiger charge is 2.27. The molecule has 2 aromatic heterocycles. The number of H-pyrrole nitrogens is 1. The zero-order valence-electron chi connectivity index (χ0n) is 17.1. The minimum atomic E-state index is -3.92. The van der Waals surface area contributed by atoms with Crippen LogP contribution < -0.4 is 5.56 Å². The van der Waals surface area contributed by atoms with Crippen LogP contribution in [0, 0.1) is 13.8 Å². The lowest BCUT2D eigenvalue weighted by Crippen LogP contribution is -2.32. The number of rotatable bonds is 6. The third-order valence-electron chi connectivity index (χ3n) is 5.08. The molecule has 2 heterocycles. The molecule has 0 aliphatic heterocycles. The second-order valence-electron chi connectivity index (χ2n) is 7.48. The van der Waals surface area contributed by atoms with Crippen LogP contribution >= 0.6 is 11.6 Å². The van der Waals surface area contributed by atoms with E-state index in [0.29, 0.717) is 16.3 Å². The molecular formula is C23H21ClN2O4S. The van der Waals surface area contributed by atoms with E-state index >= 15 is 0 Å². The van der Waals surface area contributed by atoms with Crippen LogP contribution in [0.1, 0.15) is 22.5 Å². The third-order valence-corrected chi connectivity index (χ3v) is 7.14. The van der Waals surface area contributed by atoms with Gasteiger partial charge in [-0.2, -0.15) is 4.31 Å². The molecule has 6 nitrogen and oxygen atoms in total. The van der Waals surface area contributed by atoms with E-state index in [-0.39, 0.29) is 23.5 Å². The molecule has 0 bridgehead atoms. The fraction of sp³-hybridized carbons (Fsp3) is 0.174. The Hall–Kier alpha value is -2.87. The van der Waals surface area contributed by atoms with E-state index < -0.39 is 10.0 Å². The zero-order valence-corrected chi connectivity index (χ0v) is 18.6. The molecule has 2 aromatic carbocycles. The molecule has 4 rings (SSSR count). The summed E-state index contributed by atoms with van der Waals surface area (Å²) in [6.45, 7) is 3.79. The first-order chi connectivity index (χ1) is 14.7. The Morgan fingerprint density at radius 2 is 1.77 bits per heavy atom. The van der Waals surface area contributed by atoms with E-state index in [4.69, 9.17) is 16.0 Å². The van der Waals surface area contributed by atoms with Gasteiger partial charge in [0.2, 0.25) is 10.0 Å². The number of aryl methyl sites for hydroxylation is 2. The predicted molar refractivity (Wildman–Crippen MR) is 121 cm³/mol. The number of sulfonamides is 1. The number of aromatic nitrogens is 1. The van der Waals surface area contributed by atoms with Crippen molar-refractivity contribution in [2.45, 2.75) is 31.8 Å². The molecule has 0 spiro atoms. The molecule has 0 unspecified atom stereocenters. The average Bonchev–Trinajstić information content (AvgIpc) is 3.22. The molecule has 160 valence electrons. The standard InChI is InChI=1S/C23H21ClN2O4S/c1-15-10-16(2)22-17(11-15)12-18(23(27)25-22)13-26(14-20-4-3-9-30-20)31(28,29)21-7-5-19(24)6-8-21/h3-12H,13-14H2,1-2H3,(H,25,27). The highest BCUT2D eigenvalue weighted by molar-refractivity contribution is 7.89. The first-order valence-electron chi connectivity index (χ1n) is 9.65. The van der Waals surface area contributed by atoms with E-state index in [1.807, 2.05) is 26.0 Å². The number of nitrogens with zero attached hydrogens (tertiary/aromatic N) is 1. The Balaban J connectivity index is 1.78. The van der Waals surface area contributed by atoms with E-state index in [1.165, 1.54) is 34.8 Å². The van der Waals surface area contributed by atoms with Crippen LogP contribution in [0.4, 0.5) is 0 Å². The van der Waals surface area contributed by atoms with Crippen molar-refractivity contribution in [2.75, 3.05) is 0 Å². The molecule has 0 atom stereocenters. The van der Waals surface area contributed by atoms with Gasteiger partial charge in [0.1, 0.15) is 5.76 Å².